The van der Waals surface area contributed by atoms with Gasteiger partial charge in [-0.3, -0.25) is 0 Å². The molecule has 94 valence electrons. The highest BCUT2D eigenvalue weighted by Gasteiger charge is 2.36. The van der Waals surface area contributed by atoms with Crippen LogP contribution in [0.2, 0.25) is 0 Å². The van der Waals surface area contributed by atoms with Gasteiger partial charge in [0.15, 0.2) is 0 Å². The molecule has 0 fully saturated rings. The van der Waals surface area contributed by atoms with Crippen LogP contribution in [0.3, 0.4) is 0 Å². The maximum Gasteiger partial charge on any atom is 0.0933 e. The number of thiazole rings is 1. The summed E-state index contributed by atoms with van der Waals surface area (Å²) >= 11 is 5.53. The van der Waals surface area contributed by atoms with Gasteiger partial charge in [0, 0.05) is 28.7 Å². The topological polar surface area (TPSA) is 12.9 Å². The van der Waals surface area contributed by atoms with Crippen LogP contribution in [0, 0.1) is 0 Å². The molecule has 0 N–H and O–H groups in total. The first-order chi connectivity index (χ1) is 8.84. The maximum absolute atomic E-state index is 4.47. The summed E-state index contributed by atoms with van der Waals surface area (Å²) in [5, 5.41) is 4.36. The van der Waals surface area contributed by atoms with E-state index in [-0.39, 0.29) is 5.41 Å². The van der Waals surface area contributed by atoms with Crippen molar-refractivity contribution in [1.82, 2.24) is 4.98 Å². The van der Waals surface area contributed by atoms with Gasteiger partial charge in [-0.05, 0) is 30.4 Å². The van der Waals surface area contributed by atoms with Gasteiger partial charge in [-0.1, -0.05) is 40.2 Å². The molecule has 1 aromatic heterocycles. The molecule has 1 unspecified atom stereocenters. The zero-order valence-corrected chi connectivity index (χ0v) is 12.6. The molecule has 0 bridgehead atoms. The average Bonchev–Trinajstić information content (AvgIpc) is 2.92. The summed E-state index contributed by atoms with van der Waals surface area (Å²) in [6.07, 6.45) is 6.75. The van der Waals surface area contributed by atoms with Crippen LogP contribution < -0.4 is 0 Å². The standard InChI is InChI=1S/C15H16BrNS/c16-11-15(10-14-17-8-9-18-14)7-3-5-12-4-1-2-6-13(12)15/h1-2,4,6,8-9H,3,5,7,10-11H2. The summed E-state index contributed by atoms with van der Waals surface area (Å²) < 4.78 is 0. The Bertz CT molecular complexity index is 523. The predicted molar refractivity (Wildman–Crippen MR) is 80.7 cm³/mol. The summed E-state index contributed by atoms with van der Waals surface area (Å²) in [4.78, 5) is 4.47. The molecule has 2 aromatic rings. The Labute approximate surface area is 120 Å². The highest BCUT2D eigenvalue weighted by molar-refractivity contribution is 9.09. The van der Waals surface area contributed by atoms with Crippen LogP contribution in [-0.4, -0.2) is 10.3 Å². The summed E-state index contributed by atoms with van der Waals surface area (Å²) in [5.74, 6) is 0. The minimum Gasteiger partial charge on any atom is -0.250 e. The first kappa shape index (κ1) is 12.4. The van der Waals surface area contributed by atoms with Gasteiger partial charge in [0.05, 0.1) is 5.01 Å². The van der Waals surface area contributed by atoms with Crippen molar-refractivity contribution in [1.29, 1.82) is 0 Å². The number of rotatable bonds is 3. The van der Waals surface area contributed by atoms with Crippen LogP contribution >= 0.6 is 27.3 Å². The maximum atomic E-state index is 4.47. The van der Waals surface area contributed by atoms with Crippen LogP contribution in [0.25, 0.3) is 0 Å². The van der Waals surface area contributed by atoms with Gasteiger partial charge in [0.1, 0.15) is 0 Å². The van der Waals surface area contributed by atoms with E-state index in [4.69, 9.17) is 0 Å². The van der Waals surface area contributed by atoms with Gasteiger partial charge in [0.2, 0.25) is 0 Å². The molecule has 1 aromatic carbocycles. The van der Waals surface area contributed by atoms with Gasteiger partial charge in [-0.25, -0.2) is 4.98 Å². The number of nitrogens with zero attached hydrogens (tertiary/aromatic N) is 1. The Kier molecular flexibility index (Phi) is 3.53. The van der Waals surface area contributed by atoms with Crippen molar-refractivity contribution in [3.63, 3.8) is 0 Å². The van der Waals surface area contributed by atoms with Gasteiger partial charge in [-0.15, -0.1) is 11.3 Å². The second-order valence-corrected chi connectivity index (χ2v) is 6.57. The molecule has 3 heteroatoms. The minimum absolute atomic E-state index is 0.243. The van der Waals surface area contributed by atoms with Gasteiger partial charge in [-0.2, -0.15) is 0 Å². The molecular weight excluding hydrogens is 306 g/mol. The zero-order valence-electron chi connectivity index (χ0n) is 10.2. The van der Waals surface area contributed by atoms with Crippen LogP contribution in [0.5, 0.6) is 0 Å². The van der Waals surface area contributed by atoms with Crippen LogP contribution in [0.15, 0.2) is 35.8 Å². The SMILES string of the molecule is BrCC1(Cc2nccs2)CCCc2ccccc21. The molecule has 0 spiro atoms. The van der Waals surface area contributed by atoms with Crippen LogP contribution in [-0.2, 0) is 18.3 Å². The van der Waals surface area contributed by atoms with Crippen molar-refractivity contribution in [3.05, 3.63) is 52.0 Å². The zero-order chi connectivity index (χ0) is 12.4. The number of aromatic nitrogens is 1. The third kappa shape index (κ3) is 2.14. The molecule has 0 aliphatic heterocycles. The monoisotopic (exact) mass is 321 g/mol. The van der Waals surface area contributed by atoms with Crippen molar-refractivity contribution in [3.8, 4) is 0 Å². The second kappa shape index (κ2) is 5.14. The lowest BCUT2D eigenvalue weighted by atomic mass is 9.69. The number of aryl methyl sites for hydroxylation is 1. The van der Waals surface area contributed by atoms with E-state index in [1.54, 1.807) is 11.3 Å². The van der Waals surface area contributed by atoms with Crippen molar-refractivity contribution in [2.24, 2.45) is 0 Å². The second-order valence-electron chi connectivity index (χ2n) is 5.03. The largest absolute Gasteiger partial charge is 0.250 e. The Morgan fingerprint density at radius 2 is 2.22 bits per heavy atom. The summed E-state index contributed by atoms with van der Waals surface area (Å²) in [6.45, 7) is 0. The molecule has 0 saturated carbocycles. The number of fused-ring (bicyclic) bond motifs is 1. The number of hydrogen-bond acceptors (Lipinski definition) is 2. The van der Waals surface area contributed by atoms with E-state index in [2.05, 4.69) is 50.6 Å². The third-order valence-corrected chi connectivity index (χ3v) is 5.77. The van der Waals surface area contributed by atoms with Crippen molar-refractivity contribution < 1.29 is 0 Å². The quantitative estimate of drug-likeness (QED) is 0.766. The molecule has 0 radical (unpaired) electrons. The first-order valence-corrected chi connectivity index (χ1v) is 8.37. The van der Waals surface area contributed by atoms with E-state index < -0.39 is 0 Å². The van der Waals surface area contributed by atoms with Crippen molar-refractivity contribution >= 4 is 27.3 Å². The fourth-order valence-electron chi connectivity index (χ4n) is 3.01. The van der Waals surface area contributed by atoms with Gasteiger partial charge in [0.25, 0.3) is 0 Å². The molecule has 1 heterocycles. The fraction of sp³-hybridized carbons (Fsp3) is 0.400. The summed E-state index contributed by atoms with van der Waals surface area (Å²) in [6, 6.07) is 8.92. The smallest absolute Gasteiger partial charge is 0.0933 e. The third-order valence-electron chi connectivity index (χ3n) is 3.92. The fourth-order valence-corrected chi connectivity index (χ4v) is 4.55. The van der Waals surface area contributed by atoms with E-state index in [0.29, 0.717) is 0 Å². The van der Waals surface area contributed by atoms with E-state index in [0.717, 1.165) is 11.8 Å². The highest BCUT2D eigenvalue weighted by Crippen LogP contribution is 2.41. The average molecular weight is 322 g/mol. The number of benzene rings is 1. The summed E-state index contributed by atoms with van der Waals surface area (Å²) in [5.41, 5.74) is 3.30. The molecule has 0 saturated heterocycles. The predicted octanol–water partition coefficient (Wildman–Crippen LogP) is 4.35. The molecular formula is C15H16BrNS. The van der Waals surface area contributed by atoms with E-state index in [9.17, 15) is 0 Å². The molecule has 1 atom stereocenters. The van der Waals surface area contributed by atoms with Crippen molar-refractivity contribution in [2.45, 2.75) is 31.1 Å². The molecule has 0 amide bonds. The lowest BCUT2D eigenvalue weighted by Crippen LogP contribution is -2.35. The lowest BCUT2D eigenvalue weighted by molar-refractivity contribution is 0.401. The number of hydrogen-bond donors (Lipinski definition) is 0. The normalized spacial score (nSPS) is 22.7. The van der Waals surface area contributed by atoms with E-state index >= 15 is 0 Å². The molecule has 1 nitrogen and oxygen atoms in total. The lowest BCUT2D eigenvalue weighted by Gasteiger charge is -2.37. The first-order valence-electron chi connectivity index (χ1n) is 6.37. The summed E-state index contributed by atoms with van der Waals surface area (Å²) in [7, 11) is 0. The van der Waals surface area contributed by atoms with E-state index in [1.807, 2.05) is 6.20 Å². The van der Waals surface area contributed by atoms with Gasteiger partial charge >= 0.3 is 0 Å². The van der Waals surface area contributed by atoms with E-state index in [1.165, 1.54) is 35.4 Å². The minimum atomic E-state index is 0.243. The Morgan fingerprint density at radius 1 is 1.33 bits per heavy atom. The molecule has 18 heavy (non-hydrogen) atoms. The van der Waals surface area contributed by atoms with Crippen LogP contribution in [0.1, 0.15) is 29.0 Å². The van der Waals surface area contributed by atoms with Crippen molar-refractivity contribution in [2.75, 3.05) is 5.33 Å². The van der Waals surface area contributed by atoms with Gasteiger partial charge < -0.3 is 0 Å². The van der Waals surface area contributed by atoms with Crippen LogP contribution in [0.4, 0.5) is 0 Å². The Hall–Kier alpha value is -0.670. The molecule has 3 rings (SSSR count). The Balaban J connectivity index is 2.02. The highest BCUT2D eigenvalue weighted by atomic mass is 79.9. The number of alkyl halides is 1. The molecule has 1 aliphatic rings. The molecule has 1 aliphatic carbocycles. The number of halogens is 1. The Morgan fingerprint density at radius 3 is 3.00 bits per heavy atom.